The first-order chi connectivity index (χ1) is 7.08. The van der Waals surface area contributed by atoms with Crippen LogP contribution in [0.5, 0.6) is 0 Å². The highest BCUT2D eigenvalue weighted by Crippen LogP contribution is 2.25. The van der Waals surface area contributed by atoms with Gasteiger partial charge in [-0.05, 0) is 33.6 Å². The summed E-state index contributed by atoms with van der Waals surface area (Å²) in [7, 11) is 0. The van der Waals surface area contributed by atoms with Gasteiger partial charge in [0.15, 0.2) is 6.29 Å². The fourth-order valence-electron chi connectivity index (χ4n) is 1.73. The lowest BCUT2D eigenvalue weighted by atomic mass is 9.95. The van der Waals surface area contributed by atoms with E-state index in [1.807, 2.05) is 19.9 Å². The Morgan fingerprint density at radius 2 is 2.07 bits per heavy atom. The van der Waals surface area contributed by atoms with E-state index in [4.69, 9.17) is 9.47 Å². The molecular weight excluding hydrogens is 188 g/mol. The van der Waals surface area contributed by atoms with Crippen LogP contribution in [-0.2, 0) is 9.47 Å². The van der Waals surface area contributed by atoms with Crippen LogP contribution in [0.4, 0.5) is 0 Å². The van der Waals surface area contributed by atoms with Crippen LogP contribution in [0.15, 0.2) is 12.7 Å². The lowest BCUT2D eigenvalue weighted by molar-refractivity contribution is -0.196. The number of hydrogen-bond acceptors (Lipinski definition) is 2. The van der Waals surface area contributed by atoms with E-state index in [0.29, 0.717) is 6.61 Å². The first kappa shape index (κ1) is 14.7. The molecule has 0 aromatic heterocycles. The summed E-state index contributed by atoms with van der Waals surface area (Å²) in [6.45, 7) is 12.8. The Morgan fingerprint density at radius 1 is 1.40 bits per heavy atom. The molecule has 0 N–H and O–H groups in total. The molecule has 0 saturated heterocycles. The SMILES string of the molecule is C=CCC(C)(CCCC)OC(C)OCC. The molecule has 90 valence electrons. The van der Waals surface area contributed by atoms with Crippen LogP contribution in [0.2, 0.25) is 0 Å². The molecule has 0 aliphatic rings. The van der Waals surface area contributed by atoms with E-state index in [1.54, 1.807) is 0 Å². The molecule has 0 aromatic rings. The summed E-state index contributed by atoms with van der Waals surface area (Å²) in [6.07, 6.45) is 6.12. The fourth-order valence-corrected chi connectivity index (χ4v) is 1.73. The van der Waals surface area contributed by atoms with Gasteiger partial charge >= 0.3 is 0 Å². The van der Waals surface area contributed by atoms with Crippen molar-refractivity contribution in [2.24, 2.45) is 0 Å². The number of hydrogen-bond donors (Lipinski definition) is 0. The Labute approximate surface area is 94.7 Å². The fraction of sp³-hybridized carbons (Fsp3) is 0.846. The first-order valence-corrected chi connectivity index (χ1v) is 5.98. The molecule has 0 heterocycles. The molecule has 2 nitrogen and oxygen atoms in total. The van der Waals surface area contributed by atoms with Crippen molar-refractivity contribution in [1.29, 1.82) is 0 Å². The van der Waals surface area contributed by atoms with Crippen molar-refractivity contribution in [3.63, 3.8) is 0 Å². The second kappa shape index (κ2) is 7.89. The number of ether oxygens (including phenoxy) is 2. The molecule has 0 rings (SSSR count). The van der Waals surface area contributed by atoms with Crippen molar-refractivity contribution in [2.45, 2.75) is 65.3 Å². The Bertz CT molecular complexity index is 168. The normalized spacial score (nSPS) is 17.1. The minimum Gasteiger partial charge on any atom is -0.353 e. The van der Waals surface area contributed by atoms with Crippen molar-refractivity contribution in [1.82, 2.24) is 0 Å². The van der Waals surface area contributed by atoms with Crippen molar-refractivity contribution in [3.8, 4) is 0 Å². The van der Waals surface area contributed by atoms with Gasteiger partial charge in [-0.15, -0.1) is 6.58 Å². The summed E-state index contributed by atoms with van der Waals surface area (Å²) in [6, 6.07) is 0. The smallest absolute Gasteiger partial charge is 0.155 e. The van der Waals surface area contributed by atoms with Crippen LogP contribution in [-0.4, -0.2) is 18.5 Å². The lowest BCUT2D eigenvalue weighted by Gasteiger charge is -2.32. The highest BCUT2D eigenvalue weighted by Gasteiger charge is 2.25. The van der Waals surface area contributed by atoms with Gasteiger partial charge in [-0.25, -0.2) is 0 Å². The van der Waals surface area contributed by atoms with Crippen molar-refractivity contribution in [2.75, 3.05) is 6.61 Å². The van der Waals surface area contributed by atoms with Gasteiger partial charge in [0.2, 0.25) is 0 Å². The standard InChI is InChI=1S/C13H26O2/c1-6-9-11-13(5,10-7-2)15-12(4)14-8-3/h7,12H,2,6,8-11H2,1,3-5H3. The number of unbranched alkanes of at least 4 members (excludes halogenated alkanes) is 1. The lowest BCUT2D eigenvalue weighted by Crippen LogP contribution is -2.33. The van der Waals surface area contributed by atoms with Crippen LogP contribution in [0.1, 0.15) is 53.4 Å². The Balaban J connectivity index is 4.15. The van der Waals surface area contributed by atoms with E-state index in [9.17, 15) is 0 Å². The zero-order valence-electron chi connectivity index (χ0n) is 10.7. The molecule has 2 unspecified atom stereocenters. The van der Waals surface area contributed by atoms with Crippen LogP contribution in [0.3, 0.4) is 0 Å². The Hall–Kier alpha value is -0.340. The van der Waals surface area contributed by atoms with Crippen molar-refractivity contribution in [3.05, 3.63) is 12.7 Å². The largest absolute Gasteiger partial charge is 0.353 e. The second-order valence-electron chi connectivity index (χ2n) is 4.19. The van der Waals surface area contributed by atoms with Gasteiger partial charge in [0.05, 0.1) is 5.60 Å². The van der Waals surface area contributed by atoms with E-state index >= 15 is 0 Å². The molecule has 0 aromatic carbocycles. The maximum Gasteiger partial charge on any atom is 0.155 e. The predicted molar refractivity (Wildman–Crippen MR) is 64.9 cm³/mol. The van der Waals surface area contributed by atoms with E-state index in [2.05, 4.69) is 20.4 Å². The summed E-state index contributed by atoms with van der Waals surface area (Å²) < 4.78 is 11.3. The van der Waals surface area contributed by atoms with Gasteiger partial charge in [-0.2, -0.15) is 0 Å². The molecule has 15 heavy (non-hydrogen) atoms. The zero-order chi connectivity index (χ0) is 11.7. The van der Waals surface area contributed by atoms with E-state index in [1.165, 1.54) is 12.8 Å². The average molecular weight is 214 g/mol. The predicted octanol–water partition coefficient (Wildman–Crippen LogP) is 3.91. The Morgan fingerprint density at radius 3 is 2.53 bits per heavy atom. The summed E-state index contributed by atoms with van der Waals surface area (Å²) in [5.41, 5.74) is -0.119. The highest BCUT2D eigenvalue weighted by molar-refractivity contribution is 4.84. The molecule has 0 fully saturated rings. The molecule has 0 spiro atoms. The first-order valence-electron chi connectivity index (χ1n) is 5.98. The molecule has 0 amide bonds. The molecule has 2 heteroatoms. The zero-order valence-corrected chi connectivity index (χ0v) is 10.7. The maximum atomic E-state index is 5.93. The van der Waals surface area contributed by atoms with Gasteiger partial charge < -0.3 is 9.47 Å². The number of rotatable bonds is 9. The molecule has 0 aliphatic carbocycles. The van der Waals surface area contributed by atoms with Crippen molar-refractivity contribution >= 4 is 0 Å². The minimum absolute atomic E-state index is 0.119. The van der Waals surface area contributed by atoms with Gasteiger partial charge in [-0.1, -0.05) is 25.8 Å². The second-order valence-corrected chi connectivity index (χ2v) is 4.19. The molecule has 0 aliphatic heterocycles. The summed E-state index contributed by atoms with van der Waals surface area (Å²) in [4.78, 5) is 0. The highest BCUT2D eigenvalue weighted by atomic mass is 16.7. The van der Waals surface area contributed by atoms with E-state index < -0.39 is 0 Å². The minimum atomic E-state index is -0.128. The Kier molecular flexibility index (Phi) is 7.71. The third-order valence-electron chi connectivity index (χ3n) is 2.49. The van der Waals surface area contributed by atoms with Gasteiger partial charge in [-0.3, -0.25) is 0 Å². The molecule has 0 radical (unpaired) electrons. The quantitative estimate of drug-likeness (QED) is 0.428. The van der Waals surface area contributed by atoms with Crippen LogP contribution >= 0.6 is 0 Å². The van der Waals surface area contributed by atoms with E-state index in [0.717, 1.165) is 12.8 Å². The third-order valence-corrected chi connectivity index (χ3v) is 2.49. The maximum absolute atomic E-state index is 5.93. The monoisotopic (exact) mass is 214 g/mol. The molecule has 0 bridgehead atoms. The van der Waals surface area contributed by atoms with Gasteiger partial charge in [0, 0.05) is 6.61 Å². The summed E-state index contributed by atoms with van der Waals surface area (Å²) in [5.74, 6) is 0. The third kappa shape index (κ3) is 6.69. The van der Waals surface area contributed by atoms with Crippen molar-refractivity contribution < 1.29 is 9.47 Å². The van der Waals surface area contributed by atoms with E-state index in [-0.39, 0.29) is 11.9 Å². The van der Waals surface area contributed by atoms with Gasteiger partial charge in [0.25, 0.3) is 0 Å². The molecular formula is C13H26O2. The van der Waals surface area contributed by atoms with Crippen LogP contribution in [0, 0.1) is 0 Å². The summed E-state index contributed by atoms with van der Waals surface area (Å²) in [5, 5.41) is 0. The molecule has 0 saturated carbocycles. The van der Waals surface area contributed by atoms with Crippen LogP contribution < -0.4 is 0 Å². The topological polar surface area (TPSA) is 18.5 Å². The average Bonchev–Trinajstić information content (AvgIpc) is 2.15. The molecule has 2 atom stereocenters. The summed E-state index contributed by atoms with van der Waals surface area (Å²) >= 11 is 0. The van der Waals surface area contributed by atoms with Crippen LogP contribution in [0.25, 0.3) is 0 Å². The van der Waals surface area contributed by atoms with Gasteiger partial charge in [0.1, 0.15) is 0 Å².